The van der Waals surface area contributed by atoms with E-state index in [0.717, 1.165) is 31.2 Å². The van der Waals surface area contributed by atoms with Crippen molar-refractivity contribution in [2.45, 2.75) is 68.7 Å². The Morgan fingerprint density at radius 3 is 2.54 bits per heavy atom. The molecular formula is C31H29F4N7O3S. The average Bonchev–Trinajstić information content (AvgIpc) is 3.61. The molecule has 0 aliphatic heterocycles. The Bertz CT molecular complexity index is 1970. The number of aromatic nitrogens is 6. The Morgan fingerprint density at radius 1 is 1.09 bits per heavy atom. The van der Waals surface area contributed by atoms with E-state index in [9.17, 15) is 30.8 Å². The van der Waals surface area contributed by atoms with Gasteiger partial charge in [-0.05, 0) is 86.6 Å². The van der Waals surface area contributed by atoms with Gasteiger partial charge < -0.3 is 0 Å². The minimum absolute atomic E-state index is 0.0145. The van der Waals surface area contributed by atoms with E-state index >= 15 is 0 Å². The van der Waals surface area contributed by atoms with E-state index in [2.05, 4.69) is 20.3 Å². The van der Waals surface area contributed by atoms with Crippen LogP contribution in [-0.2, 0) is 22.6 Å². The van der Waals surface area contributed by atoms with Crippen LogP contribution in [0.25, 0.3) is 11.8 Å². The zero-order chi connectivity index (χ0) is 32.4. The fourth-order valence-electron chi connectivity index (χ4n) is 6.70. The molecule has 4 aromatic rings. The highest BCUT2D eigenvalue weighted by Crippen LogP contribution is 2.51. The van der Waals surface area contributed by atoms with Gasteiger partial charge in [0.25, 0.3) is 10.0 Å². The molecule has 2 saturated carbocycles. The third kappa shape index (κ3) is 5.14. The average molecular weight is 656 g/mol. The van der Waals surface area contributed by atoms with Crippen LogP contribution in [0.3, 0.4) is 0 Å². The van der Waals surface area contributed by atoms with E-state index in [-0.39, 0.29) is 36.1 Å². The number of nitrogens with zero attached hydrogens (tertiary/aromatic N) is 7. The van der Waals surface area contributed by atoms with Crippen molar-refractivity contribution in [1.82, 2.24) is 34.1 Å². The Morgan fingerprint density at radius 2 is 1.85 bits per heavy atom. The third-order valence-electron chi connectivity index (χ3n) is 9.11. The maximum atomic E-state index is 14.5. The first-order valence-corrected chi connectivity index (χ1v) is 16.4. The SMILES string of the molecule is CCN([C@H]1CCC2=Cc3c(cnn3-c3ccc(F)cc3)C[C@]2(C(=O)c2cc(C(F)(F)F)ccn2)C1)S(=O)(=O)c1cnn(C2CC2)n1. The summed E-state index contributed by atoms with van der Waals surface area (Å²) in [6.07, 6.45) is 3.37. The zero-order valence-corrected chi connectivity index (χ0v) is 25.5. The van der Waals surface area contributed by atoms with E-state index in [1.54, 1.807) is 29.9 Å². The molecule has 1 aromatic carbocycles. The van der Waals surface area contributed by atoms with Crippen molar-refractivity contribution in [1.29, 1.82) is 0 Å². The zero-order valence-electron chi connectivity index (χ0n) is 24.7. The minimum Gasteiger partial charge on any atom is -0.291 e. The van der Waals surface area contributed by atoms with Gasteiger partial charge in [0.05, 0.1) is 40.8 Å². The fraction of sp³-hybridized carbons (Fsp3) is 0.387. The van der Waals surface area contributed by atoms with Crippen molar-refractivity contribution in [3.63, 3.8) is 0 Å². The summed E-state index contributed by atoms with van der Waals surface area (Å²) in [6, 6.07) is 6.72. The second kappa shape index (κ2) is 10.9. The molecule has 2 atom stereocenters. The third-order valence-corrected chi connectivity index (χ3v) is 11.0. The van der Waals surface area contributed by atoms with Crippen LogP contribution in [0.5, 0.6) is 0 Å². The van der Waals surface area contributed by atoms with Crippen LogP contribution in [0.15, 0.2) is 65.6 Å². The molecule has 3 aliphatic carbocycles. The van der Waals surface area contributed by atoms with Crippen molar-refractivity contribution >= 4 is 21.9 Å². The molecule has 0 bridgehead atoms. The number of pyridine rings is 1. The van der Waals surface area contributed by atoms with Crippen molar-refractivity contribution in [3.8, 4) is 5.69 Å². The molecule has 0 radical (unpaired) electrons. The number of hydrogen-bond donors (Lipinski definition) is 0. The Hall–Kier alpha value is -4.24. The van der Waals surface area contributed by atoms with Crippen LogP contribution in [0, 0.1) is 11.2 Å². The standard InChI is InChI=1S/C31H29F4N7O3S/c1-2-40(46(44,45)28-18-38-42(39-28)24-9-10-24)25-6-3-20-14-27-19(17-37-41(27)23-7-4-22(32)5-8-23)15-30(20,16-25)29(43)26-13-21(11-12-36-26)31(33,34)35/h4-5,7-8,11-14,17-18,24-25H,2-3,6,9-10,15-16H2,1H3/t25-,30-/m0/s1. The number of allylic oxidation sites excluding steroid dienone is 1. The summed E-state index contributed by atoms with van der Waals surface area (Å²) in [7, 11) is -4.12. The lowest BCUT2D eigenvalue weighted by molar-refractivity contribution is -0.137. The molecule has 10 nitrogen and oxygen atoms in total. The molecule has 0 amide bonds. The van der Waals surface area contributed by atoms with Crippen LogP contribution in [0.1, 0.15) is 72.4 Å². The number of carbonyl (C=O) groups is 1. The van der Waals surface area contributed by atoms with Crippen molar-refractivity contribution in [3.05, 3.63) is 88.9 Å². The fourth-order valence-corrected chi connectivity index (χ4v) is 8.22. The Labute approximate surface area is 261 Å². The molecule has 7 rings (SSSR count). The number of ketones is 1. The maximum absolute atomic E-state index is 14.5. The van der Waals surface area contributed by atoms with E-state index in [1.807, 2.05) is 6.08 Å². The highest BCUT2D eigenvalue weighted by molar-refractivity contribution is 7.89. The minimum atomic E-state index is -4.69. The van der Waals surface area contributed by atoms with Gasteiger partial charge in [-0.25, -0.2) is 17.5 Å². The number of Topliss-reactive ketones (excluding diaryl/α,β-unsaturated/α-hetero) is 1. The van der Waals surface area contributed by atoms with E-state index in [1.165, 1.54) is 27.4 Å². The highest BCUT2D eigenvalue weighted by atomic mass is 32.2. The predicted octanol–water partition coefficient (Wildman–Crippen LogP) is 5.42. The van der Waals surface area contributed by atoms with Gasteiger partial charge in [-0.3, -0.25) is 9.78 Å². The molecule has 0 spiro atoms. The summed E-state index contributed by atoms with van der Waals surface area (Å²) >= 11 is 0. The second-order valence-electron chi connectivity index (χ2n) is 12.0. The lowest BCUT2D eigenvalue weighted by Crippen LogP contribution is -2.50. The quantitative estimate of drug-likeness (QED) is 0.184. The molecule has 46 heavy (non-hydrogen) atoms. The number of fused-ring (bicyclic) bond motifs is 2. The maximum Gasteiger partial charge on any atom is 0.416 e. The van der Waals surface area contributed by atoms with E-state index < -0.39 is 44.8 Å². The van der Waals surface area contributed by atoms with Crippen LogP contribution >= 0.6 is 0 Å². The van der Waals surface area contributed by atoms with Crippen LogP contribution in [-0.4, -0.2) is 60.9 Å². The molecule has 240 valence electrons. The number of sulfonamides is 1. The first-order chi connectivity index (χ1) is 21.9. The Kier molecular flexibility index (Phi) is 7.23. The van der Waals surface area contributed by atoms with Crippen LogP contribution < -0.4 is 0 Å². The van der Waals surface area contributed by atoms with Crippen molar-refractivity contribution in [2.75, 3.05) is 6.54 Å². The molecular weight excluding hydrogens is 626 g/mol. The van der Waals surface area contributed by atoms with E-state index in [0.29, 0.717) is 35.4 Å². The summed E-state index contributed by atoms with van der Waals surface area (Å²) in [4.78, 5) is 20.0. The largest absolute Gasteiger partial charge is 0.416 e. The topological polar surface area (TPSA) is 116 Å². The van der Waals surface area contributed by atoms with Gasteiger partial charge in [-0.15, -0.1) is 5.10 Å². The first-order valence-electron chi connectivity index (χ1n) is 15.0. The second-order valence-corrected chi connectivity index (χ2v) is 13.8. The van der Waals surface area contributed by atoms with Crippen LogP contribution in [0.2, 0.25) is 0 Å². The number of halogens is 4. The van der Waals surface area contributed by atoms with Crippen molar-refractivity contribution in [2.24, 2.45) is 5.41 Å². The normalized spacial score (nSPS) is 21.5. The molecule has 2 fully saturated rings. The van der Waals surface area contributed by atoms with Gasteiger partial charge in [-0.2, -0.15) is 32.5 Å². The number of alkyl halides is 3. The molecule has 0 unspecified atom stereocenters. The summed E-state index contributed by atoms with van der Waals surface area (Å²) in [5.74, 6) is -1.03. The van der Waals surface area contributed by atoms with Crippen LogP contribution in [0.4, 0.5) is 17.6 Å². The van der Waals surface area contributed by atoms with E-state index in [4.69, 9.17) is 0 Å². The van der Waals surface area contributed by atoms with Gasteiger partial charge in [0.2, 0.25) is 5.03 Å². The number of rotatable bonds is 8. The van der Waals surface area contributed by atoms with Gasteiger partial charge in [0, 0.05) is 18.8 Å². The Balaban J connectivity index is 1.30. The van der Waals surface area contributed by atoms with Gasteiger partial charge in [0.15, 0.2) is 5.78 Å². The first kappa shape index (κ1) is 30.4. The van der Waals surface area contributed by atoms with Gasteiger partial charge in [0.1, 0.15) is 11.5 Å². The molecule has 15 heteroatoms. The molecule has 0 N–H and O–H groups in total. The van der Waals surface area contributed by atoms with Gasteiger partial charge in [-0.1, -0.05) is 12.5 Å². The highest BCUT2D eigenvalue weighted by Gasteiger charge is 2.52. The number of carbonyl (C=O) groups excluding carboxylic acids is 1. The smallest absolute Gasteiger partial charge is 0.291 e. The predicted molar refractivity (Wildman–Crippen MR) is 157 cm³/mol. The lowest BCUT2D eigenvalue weighted by Gasteiger charge is -2.46. The lowest BCUT2D eigenvalue weighted by atomic mass is 9.60. The number of benzene rings is 1. The summed E-state index contributed by atoms with van der Waals surface area (Å²) in [5, 5.41) is 12.7. The summed E-state index contributed by atoms with van der Waals surface area (Å²) in [5.41, 5.74) is -0.194. The summed E-state index contributed by atoms with van der Waals surface area (Å²) < 4.78 is 85.4. The number of hydrogen-bond acceptors (Lipinski definition) is 7. The summed E-state index contributed by atoms with van der Waals surface area (Å²) in [6.45, 7) is 1.78. The molecule has 0 saturated heterocycles. The van der Waals surface area contributed by atoms with Gasteiger partial charge >= 0.3 is 6.18 Å². The monoisotopic (exact) mass is 655 g/mol. The molecule has 3 aromatic heterocycles. The molecule has 3 aliphatic rings. The van der Waals surface area contributed by atoms with Crippen molar-refractivity contribution < 1.29 is 30.8 Å². The molecule has 3 heterocycles.